The highest BCUT2D eigenvalue weighted by Crippen LogP contribution is 2.25. The number of ether oxygens (including phenoxy) is 1. The topological polar surface area (TPSA) is 62.0 Å². The van der Waals surface area contributed by atoms with Gasteiger partial charge in [0.15, 0.2) is 5.96 Å². The lowest BCUT2D eigenvalue weighted by Gasteiger charge is -2.26. The molecule has 0 bridgehead atoms. The van der Waals surface area contributed by atoms with E-state index < -0.39 is 0 Å². The Morgan fingerprint density at radius 1 is 1.29 bits per heavy atom. The first-order valence-electron chi connectivity index (χ1n) is 9.25. The first kappa shape index (κ1) is 22.8. The first-order chi connectivity index (χ1) is 13.2. The van der Waals surface area contributed by atoms with Crippen molar-refractivity contribution in [3.8, 4) is 5.75 Å². The molecule has 0 saturated carbocycles. The van der Waals surface area contributed by atoms with Gasteiger partial charge in [-0.1, -0.05) is 17.7 Å². The van der Waals surface area contributed by atoms with Gasteiger partial charge >= 0.3 is 0 Å². The molecule has 0 spiro atoms. The molecule has 3 rings (SSSR count). The average Bonchev–Trinajstić information content (AvgIpc) is 3.39. The number of benzene rings is 1. The Bertz CT molecular complexity index is 749. The van der Waals surface area contributed by atoms with E-state index in [1.54, 1.807) is 20.4 Å². The van der Waals surface area contributed by atoms with Crippen molar-refractivity contribution in [3.63, 3.8) is 0 Å². The third kappa shape index (κ3) is 6.02. The summed E-state index contributed by atoms with van der Waals surface area (Å²) in [6.45, 7) is 3.52. The predicted molar refractivity (Wildman–Crippen MR) is 124 cm³/mol. The normalized spacial score (nSPS) is 15.8. The minimum Gasteiger partial charge on any atom is -0.496 e. The molecule has 1 aliphatic rings. The van der Waals surface area contributed by atoms with Crippen molar-refractivity contribution in [2.24, 2.45) is 4.99 Å². The maximum Gasteiger partial charge on any atom is 0.191 e. The number of guanidine groups is 1. The molecule has 6 nitrogen and oxygen atoms in total. The van der Waals surface area contributed by atoms with Crippen LogP contribution in [0.15, 0.2) is 46.0 Å². The molecule has 1 aliphatic heterocycles. The number of likely N-dealkylation sites (tertiary alicyclic amines) is 1. The predicted octanol–water partition coefficient (Wildman–Crippen LogP) is 4.06. The van der Waals surface area contributed by atoms with Gasteiger partial charge in [-0.05, 0) is 50.2 Å². The van der Waals surface area contributed by atoms with Crippen LogP contribution in [0.25, 0.3) is 0 Å². The van der Waals surface area contributed by atoms with Crippen molar-refractivity contribution in [1.82, 2.24) is 15.5 Å². The number of halogens is 2. The molecular weight excluding hydrogens is 491 g/mol. The number of hydrogen-bond donors (Lipinski definition) is 2. The molecule has 28 heavy (non-hydrogen) atoms. The van der Waals surface area contributed by atoms with Crippen LogP contribution in [0.2, 0.25) is 5.02 Å². The fourth-order valence-electron chi connectivity index (χ4n) is 3.40. The number of aliphatic imine (C=N–C) groups is 1. The van der Waals surface area contributed by atoms with Gasteiger partial charge in [0.1, 0.15) is 11.5 Å². The Kier molecular flexibility index (Phi) is 9.40. The second-order valence-electron chi connectivity index (χ2n) is 6.54. The maximum absolute atomic E-state index is 6.03. The smallest absolute Gasteiger partial charge is 0.191 e. The van der Waals surface area contributed by atoms with E-state index in [2.05, 4.69) is 20.5 Å². The van der Waals surface area contributed by atoms with Crippen LogP contribution in [0.5, 0.6) is 5.75 Å². The van der Waals surface area contributed by atoms with Gasteiger partial charge in [0.05, 0.1) is 19.4 Å². The summed E-state index contributed by atoms with van der Waals surface area (Å²) in [5.41, 5.74) is 1.02. The SMILES string of the molecule is CN=C(NCc1ccc(Cl)cc1OC)NCC(c1ccco1)N1CCCC1.I. The minimum atomic E-state index is 0. The summed E-state index contributed by atoms with van der Waals surface area (Å²) >= 11 is 6.03. The van der Waals surface area contributed by atoms with E-state index in [1.165, 1.54) is 12.8 Å². The van der Waals surface area contributed by atoms with Crippen LogP contribution in [0.3, 0.4) is 0 Å². The first-order valence-corrected chi connectivity index (χ1v) is 9.63. The Morgan fingerprint density at radius 2 is 2.07 bits per heavy atom. The van der Waals surface area contributed by atoms with E-state index in [9.17, 15) is 0 Å². The molecule has 1 aromatic heterocycles. The summed E-state index contributed by atoms with van der Waals surface area (Å²) in [7, 11) is 3.42. The van der Waals surface area contributed by atoms with Crippen LogP contribution in [-0.2, 0) is 6.54 Å². The number of methoxy groups -OCH3 is 1. The molecule has 1 atom stereocenters. The van der Waals surface area contributed by atoms with E-state index in [1.807, 2.05) is 30.3 Å². The van der Waals surface area contributed by atoms with Crippen molar-refractivity contribution in [1.29, 1.82) is 0 Å². The molecule has 1 saturated heterocycles. The molecule has 2 N–H and O–H groups in total. The van der Waals surface area contributed by atoms with Crippen LogP contribution in [0.4, 0.5) is 0 Å². The Hall–Kier alpha value is -1.45. The number of nitrogens with one attached hydrogen (secondary N) is 2. The molecule has 0 radical (unpaired) electrons. The standard InChI is InChI=1S/C20H27ClN4O2.HI/c1-22-20(23-13-15-7-8-16(21)12-19(15)26-2)24-14-17(18-6-5-11-27-18)25-9-3-4-10-25;/h5-8,11-12,17H,3-4,9-10,13-14H2,1-2H3,(H2,22,23,24);1H. The zero-order chi connectivity index (χ0) is 19.1. The Balaban J connectivity index is 0.00000280. The fourth-order valence-corrected chi connectivity index (χ4v) is 3.56. The van der Waals surface area contributed by atoms with Crippen molar-refractivity contribution in [2.75, 3.05) is 33.8 Å². The molecule has 8 heteroatoms. The van der Waals surface area contributed by atoms with E-state index in [0.29, 0.717) is 11.6 Å². The monoisotopic (exact) mass is 518 g/mol. The maximum atomic E-state index is 6.03. The number of furan rings is 1. The summed E-state index contributed by atoms with van der Waals surface area (Å²) in [4.78, 5) is 6.79. The zero-order valence-corrected chi connectivity index (χ0v) is 19.4. The van der Waals surface area contributed by atoms with Gasteiger partial charge in [0.25, 0.3) is 0 Å². The molecule has 2 heterocycles. The van der Waals surface area contributed by atoms with Crippen LogP contribution >= 0.6 is 35.6 Å². The quantitative estimate of drug-likeness (QED) is 0.329. The number of nitrogens with zero attached hydrogens (tertiary/aromatic N) is 2. The molecule has 1 aromatic carbocycles. The summed E-state index contributed by atoms with van der Waals surface area (Å²) in [5.74, 6) is 2.48. The lowest BCUT2D eigenvalue weighted by atomic mass is 10.2. The average molecular weight is 519 g/mol. The van der Waals surface area contributed by atoms with Crippen molar-refractivity contribution in [3.05, 3.63) is 52.9 Å². The third-order valence-electron chi connectivity index (χ3n) is 4.83. The summed E-state index contributed by atoms with van der Waals surface area (Å²) < 4.78 is 11.1. The second-order valence-corrected chi connectivity index (χ2v) is 6.97. The summed E-state index contributed by atoms with van der Waals surface area (Å²) in [6, 6.07) is 9.81. The highest BCUT2D eigenvalue weighted by atomic mass is 127. The minimum absolute atomic E-state index is 0. The van der Waals surface area contributed by atoms with Crippen molar-refractivity contribution in [2.45, 2.75) is 25.4 Å². The van der Waals surface area contributed by atoms with Crippen LogP contribution in [-0.4, -0.2) is 44.7 Å². The van der Waals surface area contributed by atoms with Crippen molar-refractivity contribution >= 4 is 41.5 Å². The van der Waals surface area contributed by atoms with Gasteiger partial charge in [-0.15, -0.1) is 24.0 Å². The Labute approximate surface area is 188 Å². The van der Waals surface area contributed by atoms with Crippen LogP contribution < -0.4 is 15.4 Å². The molecular formula is C20H28ClIN4O2. The second kappa shape index (κ2) is 11.5. The molecule has 0 amide bonds. The van der Waals surface area contributed by atoms with Crippen LogP contribution in [0, 0.1) is 0 Å². The lowest BCUT2D eigenvalue weighted by molar-refractivity contribution is 0.215. The highest BCUT2D eigenvalue weighted by molar-refractivity contribution is 14.0. The van der Waals surface area contributed by atoms with E-state index >= 15 is 0 Å². The molecule has 2 aromatic rings. The molecule has 1 fully saturated rings. The van der Waals surface area contributed by atoms with Gasteiger partial charge in [0.2, 0.25) is 0 Å². The largest absolute Gasteiger partial charge is 0.496 e. The fraction of sp³-hybridized carbons (Fsp3) is 0.450. The van der Waals surface area contributed by atoms with Gasteiger partial charge in [-0.3, -0.25) is 9.89 Å². The van der Waals surface area contributed by atoms with Gasteiger partial charge in [-0.2, -0.15) is 0 Å². The van der Waals surface area contributed by atoms with E-state index in [0.717, 1.165) is 42.7 Å². The van der Waals surface area contributed by atoms with Crippen LogP contribution in [0.1, 0.15) is 30.2 Å². The summed E-state index contributed by atoms with van der Waals surface area (Å²) in [5, 5.41) is 7.42. The lowest BCUT2D eigenvalue weighted by Crippen LogP contribution is -2.42. The molecule has 0 aliphatic carbocycles. The van der Waals surface area contributed by atoms with Gasteiger partial charge in [-0.25, -0.2) is 0 Å². The third-order valence-corrected chi connectivity index (χ3v) is 5.07. The summed E-state index contributed by atoms with van der Waals surface area (Å²) in [6.07, 6.45) is 4.21. The highest BCUT2D eigenvalue weighted by Gasteiger charge is 2.25. The van der Waals surface area contributed by atoms with Gasteiger partial charge in [0, 0.05) is 30.7 Å². The van der Waals surface area contributed by atoms with E-state index in [-0.39, 0.29) is 30.0 Å². The number of rotatable bonds is 7. The molecule has 1 unspecified atom stereocenters. The van der Waals surface area contributed by atoms with Gasteiger partial charge < -0.3 is 19.8 Å². The number of hydrogen-bond acceptors (Lipinski definition) is 4. The molecule has 154 valence electrons. The van der Waals surface area contributed by atoms with Crippen molar-refractivity contribution < 1.29 is 9.15 Å². The zero-order valence-electron chi connectivity index (χ0n) is 16.3. The Morgan fingerprint density at radius 3 is 2.71 bits per heavy atom. The van der Waals surface area contributed by atoms with E-state index in [4.69, 9.17) is 20.8 Å².